The summed E-state index contributed by atoms with van der Waals surface area (Å²) in [6.07, 6.45) is 3.42. The quantitative estimate of drug-likeness (QED) is 0.530. The molecule has 0 saturated heterocycles. The zero-order valence-corrected chi connectivity index (χ0v) is 16.8. The average molecular weight is 429 g/mol. The van der Waals surface area contributed by atoms with E-state index in [-0.39, 0.29) is 5.91 Å². The molecule has 0 aliphatic rings. The largest absolute Gasteiger partial charge is 0.369 e. The van der Waals surface area contributed by atoms with Crippen molar-refractivity contribution in [1.82, 2.24) is 10.1 Å². The lowest BCUT2D eigenvalue weighted by Gasteiger charge is -2.11. The second kappa shape index (κ2) is 8.81. The number of anilines is 2. The van der Waals surface area contributed by atoms with Crippen molar-refractivity contribution in [3.63, 3.8) is 0 Å². The Balaban J connectivity index is 1.60. The number of amides is 1. The van der Waals surface area contributed by atoms with Gasteiger partial charge in [-0.15, -0.1) is 0 Å². The zero-order valence-electron chi connectivity index (χ0n) is 15.3. The van der Waals surface area contributed by atoms with Crippen molar-refractivity contribution < 1.29 is 9.32 Å². The summed E-state index contributed by atoms with van der Waals surface area (Å²) in [5, 5.41) is 10.1. The summed E-state index contributed by atoms with van der Waals surface area (Å²) >= 11 is 3.38. The molecule has 0 aliphatic heterocycles. The van der Waals surface area contributed by atoms with Crippen molar-refractivity contribution in [1.29, 1.82) is 0 Å². The van der Waals surface area contributed by atoms with Crippen LogP contribution in [0.25, 0.3) is 0 Å². The van der Waals surface area contributed by atoms with Gasteiger partial charge >= 0.3 is 0 Å². The number of hydrogen-bond acceptors (Lipinski definition) is 5. The summed E-state index contributed by atoms with van der Waals surface area (Å²) in [7, 11) is 0. The second-order valence-corrected chi connectivity index (χ2v) is 7.11. The molecule has 0 bridgehead atoms. The third-order valence-corrected chi connectivity index (χ3v) is 4.76. The SMILES string of the molecule is Cc1noc(C)c1CCCNc1ncccc1C(=O)Nc1ccc(Br)cc1. The number of carbonyl (C=O) groups is 1. The molecule has 0 radical (unpaired) electrons. The Kier molecular flexibility index (Phi) is 6.24. The van der Waals surface area contributed by atoms with E-state index >= 15 is 0 Å². The number of rotatable bonds is 7. The van der Waals surface area contributed by atoms with Gasteiger partial charge in [0.2, 0.25) is 0 Å². The molecule has 3 rings (SSSR count). The first-order valence-electron chi connectivity index (χ1n) is 8.72. The summed E-state index contributed by atoms with van der Waals surface area (Å²) in [6.45, 7) is 4.56. The summed E-state index contributed by atoms with van der Waals surface area (Å²) in [4.78, 5) is 16.9. The van der Waals surface area contributed by atoms with E-state index in [0.29, 0.717) is 17.9 Å². The average Bonchev–Trinajstić information content (AvgIpc) is 2.99. The van der Waals surface area contributed by atoms with Gasteiger partial charge in [0.25, 0.3) is 5.91 Å². The molecule has 2 N–H and O–H groups in total. The van der Waals surface area contributed by atoms with E-state index in [2.05, 4.69) is 36.7 Å². The summed E-state index contributed by atoms with van der Waals surface area (Å²) in [6, 6.07) is 11.0. The number of carbonyl (C=O) groups excluding carboxylic acids is 1. The van der Waals surface area contributed by atoms with E-state index < -0.39 is 0 Å². The number of aromatic nitrogens is 2. The highest BCUT2D eigenvalue weighted by Crippen LogP contribution is 2.18. The van der Waals surface area contributed by atoms with E-state index in [9.17, 15) is 4.79 Å². The zero-order chi connectivity index (χ0) is 19.2. The summed E-state index contributed by atoms with van der Waals surface area (Å²) in [5.41, 5.74) is 3.32. The molecular formula is C20H21BrN4O2. The lowest BCUT2D eigenvalue weighted by molar-refractivity contribution is 0.102. The molecule has 0 fully saturated rings. The normalized spacial score (nSPS) is 10.6. The third kappa shape index (κ3) is 4.95. The van der Waals surface area contributed by atoms with Gasteiger partial charge in [0, 0.05) is 28.5 Å². The van der Waals surface area contributed by atoms with E-state index in [4.69, 9.17) is 4.52 Å². The molecule has 27 heavy (non-hydrogen) atoms. The van der Waals surface area contributed by atoms with Crippen molar-refractivity contribution >= 4 is 33.3 Å². The number of nitrogens with one attached hydrogen (secondary N) is 2. The molecular weight excluding hydrogens is 408 g/mol. The Morgan fingerprint density at radius 1 is 1.19 bits per heavy atom. The van der Waals surface area contributed by atoms with Crippen molar-refractivity contribution in [2.45, 2.75) is 26.7 Å². The van der Waals surface area contributed by atoms with Crippen molar-refractivity contribution in [2.75, 3.05) is 17.2 Å². The van der Waals surface area contributed by atoms with Gasteiger partial charge < -0.3 is 15.2 Å². The van der Waals surface area contributed by atoms with Crippen LogP contribution in [-0.2, 0) is 6.42 Å². The molecule has 0 unspecified atom stereocenters. The summed E-state index contributed by atoms with van der Waals surface area (Å²) in [5.74, 6) is 1.24. The molecule has 140 valence electrons. The van der Waals surface area contributed by atoms with Crippen LogP contribution in [0, 0.1) is 13.8 Å². The fourth-order valence-corrected chi connectivity index (χ4v) is 3.06. The highest BCUT2D eigenvalue weighted by molar-refractivity contribution is 9.10. The van der Waals surface area contributed by atoms with Gasteiger partial charge in [0.05, 0.1) is 11.3 Å². The highest BCUT2D eigenvalue weighted by Gasteiger charge is 2.13. The fraction of sp³-hybridized carbons (Fsp3) is 0.250. The van der Waals surface area contributed by atoms with Gasteiger partial charge in [-0.25, -0.2) is 4.98 Å². The Morgan fingerprint density at radius 2 is 1.96 bits per heavy atom. The molecule has 6 nitrogen and oxygen atoms in total. The Bertz CT molecular complexity index is 902. The standard InChI is InChI=1S/C20H21BrN4O2/c1-13-17(14(2)27-25-13)5-3-11-22-19-18(6-4-12-23-19)20(26)24-16-9-7-15(21)8-10-16/h4,6-10,12H,3,5,11H2,1-2H3,(H,22,23)(H,24,26). The van der Waals surface area contributed by atoms with Gasteiger partial charge in [-0.05, 0) is 63.1 Å². The monoisotopic (exact) mass is 428 g/mol. The molecule has 0 saturated carbocycles. The predicted molar refractivity (Wildman–Crippen MR) is 109 cm³/mol. The van der Waals surface area contributed by atoms with Crippen molar-refractivity contribution in [2.24, 2.45) is 0 Å². The van der Waals surface area contributed by atoms with Gasteiger partial charge in [0.1, 0.15) is 11.6 Å². The van der Waals surface area contributed by atoms with Crippen LogP contribution in [0.1, 0.15) is 33.8 Å². The number of benzene rings is 1. The number of hydrogen-bond donors (Lipinski definition) is 2. The Hall–Kier alpha value is -2.67. The minimum absolute atomic E-state index is 0.196. The van der Waals surface area contributed by atoms with Gasteiger partial charge in [-0.1, -0.05) is 21.1 Å². The van der Waals surface area contributed by atoms with Crippen LogP contribution in [0.5, 0.6) is 0 Å². The predicted octanol–water partition coefficient (Wildman–Crippen LogP) is 4.75. The molecule has 3 aromatic rings. The Morgan fingerprint density at radius 3 is 2.67 bits per heavy atom. The number of pyridine rings is 1. The van der Waals surface area contributed by atoms with E-state index in [0.717, 1.165) is 40.0 Å². The lowest BCUT2D eigenvalue weighted by Crippen LogP contribution is -2.16. The van der Waals surface area contributed by atoms with Crippen LogP contribution in [0.4, 0.5) is 11.5 Å². The van der Waals surface area contributed by atoms with Crippen LogP contribution in [0.2, 0.25) is 0 Å². The van der Waals surface area contributed by atoms with Gasteiger partial charge in [-0.3, -0.25) is 4.79 Å². The lowest BCUT2D eigenvalue weighted by atomic mass is 10.1. The first-order valence-corrected chi connectivity index (χ1v) is 9.51. The van der Waals surface area contributed by atoms with Gasteiger partial charge in [-0.2, -0.15) is 0 Å². The number of nitrogens with zero attached hydrogens (tertiary/aromatic N) is 2. The molecule has 0 atom stereocenters. The van der Waals surface area contributed by atoms with Crippen LogP contribution in [-0.4, -0.2) is 22.6 Å². The molecule has 2 heterocycles. The molecule has 1 amide bonds. The first kappa shape index (κ1) is 19.1. The second-order valence-electron chi connectivity index (χ2n) is 6.19. The third-order valence-electron chi connectivity index (χ3n) is 4.23. The van der Waals surface area contributed by atoms with Crippen LogP contribution >= 0.6 is 15.9 Å². The Labute approximate surface area is 166 Å². The number of aryl methyl sites for hydroxylation is 2. The van der Waals surface area contributed by atoms with E-state index in [1.807, 2.05) is 38.1 Å². The first-order chi connectivity index (χ1) is 13.0. The molecule has 0 aliphatic carbocycles. The maximum Gasteiger partial charge on any atom is 0.259 e. The molecule has 1 aromatic carbocycles. The topological polar surface area (TPSA) is 80.1 Å². The van der Waals surface area contributed by atoms with Crippen LogP contribution in [0.3, 0.4) is 0 Å². The van der Waals surface area contributed by atoms with Crippen molar-refractivity contribution in [3.8, 4) is 0 Å². The fourth-order valence-electron chi connectivity index (χ4n) is 2.79. The maximum atomic E-state index is 12.6. The highest BCUT2D eigenvalue weighted by atomic mass is 79.9. The van der Waals surface area contributed by atoms with E-state index in [1.165, 1.54) is 0 Å². The van der Waals surface area contributed by atoms with Crippen LogP contribution < -0.4 is 10.6 Å². The van der Waals surface area contributed by atoms with Crippen LogP contribution in [0.15, 0.2) is 51.6 Å². The van der Waals surface area contributed by atoms with Gasteiger partial charge in [0.15, 0.2) is 0 Å². The molecule has 2 aromatic heterocycles. The summed E-state index contributed by atoms with van der Waals surface area (Å²) < 4.78 is 6.15. The van der Waals surface area contributed by atoms with Crippen molar-refractivity contribution in [3.05, 3.63) is 69.6 Å². The smallest absolute Gasteiger partial charge is 0.259 e. The maximum absolute atomic E-state index is 12.6. The molecule has 7 heteroatoms. The number of halogens is 1. The molecule has 0 spiro atoms. The van der Waals surface area contributed by atoms with E-state index in [1.54, 1.807) is 18.3 Å². The minimum Gasteiger partial charge on any atom is -0.369 e. The minimum atomic E-state index is -0.196.